The van der Waals surface area contributed by atoms with E-state index in [1.165, 1.54) is 11.8 Å². The molecule has 0 spiro atoms. The maximum absolute atomic E-state index is 11.3. The van der Waals surface area contributed by atoms with Crippen LogP contribution in [0.4, 0.5) is 0 Å². The van der Waals surface area contributed by atoms with Gasteiger partial charge in [0.2, 0.25) is 0 Å². The topological polar surface area (TPSA) is 79.8 Å². The van der Waals surface area contributed by atoms with Crippen molar-refractivity contribution >= 4 is 15.8 Å². The molecule has 0 aliphatic heterocycles. The first-order chi connectivity index (χ1) is 12.9. The van der Waals surface area contributed by atoms with E-state index < -0.39 is 9.84 Å². The van der Waals surface area contributed by atoms with Crippen molar-refractivity contribution in [3.8, 4) is 5.75 Å². The van der Waals surface area contributed by atoms with Gasteiger partial charge in [-0.05, 0) is 37.0 Å². The van der Waals surface area contributed by atoms with Gasteiger partial charge in [0.05, 0.1) is 12.4 Å². The third kappa shape index (κ3) is 9.44. The molecule has 0 aliphatic rings. The van der Waals surface area contributed by atoms with E-state index >= 15 is 0 Å². The minimum absolute atomic E-state index is 0.0152. The molecule has 0 bridgehead atoms. The highest BCUT2D eigenvalue weighted by atomic mass is 32.2. The molecule has 6 nitrogen and oxygen atoms in total. The van der Waals surface area contributed by atoms with Gasteiger partial charge >= 0.3 is 0 Å². The highest BCUT2D eigenvalue weighted by Crippen LogP contribution is 2.24. The zero-order chi connectivity index (χ0) is 21.4. The predicted octanol–water partition coefficient (Wildman–Crippen LogP) is 2.99. The van der Waals surface area contributed by atoms with Crippen LogP contribution >= 0.6 is 0 Å². The molecule has 0 aliphatic carbocycles. The third-order valence-electron chi connectivity index (χ3n) is 4.45. The van der Waals surface area contributed by atoms with E-state index in [1.54, 1.807) is 7.05 Å². The molecule has 1 aromatic rings. The van der Waals surface area contributed by atoms with E-state index in [1.807, 2.05) is 19.1 Å². The van der Waals surface area contributed by atoms with E-state index in [0.29, 0.717) is 31.4 Å². The molecule has 2 N–H and O–H groups in total. The highest BCUT2D eigenvalue weighted by molar-refractivity contribution is 7.90. The Labute approximate surface area is 171 Å². The Balaban J connectivity index is 2.60. The number of sulfone groups is 1. The molecule has 0 radical (unpaired) electrons. The second kappa shape index (κ2) is 10.7. The number of nitrogens with one attached hydrogen (secondary N) is 2. The van der Waals surface area contributed by atoms with Gasteiger partial charge in [0.25, 0.3) is 0 Å². The van der Waals surface area contributed by atoms with Gasteiger partial charge in [-0.25, -0.2) is 8.42 Å². The van der Waals surface area contributed by atoms with Crippen molar-refractivity contribution in [2.45, 2.75) is 52.5 Å². The van der Waals surface area contributed by atoms with Gasteiger partial charge in [-0.15, -0.1) is 0 Å². The first-order valence-corrected chi connectivity index (χ1v) is 11.9. The number of hydrogen-bond donors (Lipinski definition) is 2. The molecular formula is C21H37N3O3S. The van der Waals surface area contributed by atoms with Gasteiger partial charge in [-0.2, -0.15) is 0 Å². The van der Waals surface area contributed by atoms with Crippen LogP contribution in [0.1, 0.15) is 46.6 Å². The number of aliphatic imine (C=N–C) groups is 1. The Kier molecular flexibility index (Phi) is 9.27. The lowest BCUT2D eigenvalue weighted by Crippen LogP contribution is -2.46. The second-order valence-electron chi connectivity index (χ2n) is 8.50. The van der Waals surface area contributed by atoms with Gasteiger partial charge < -0.3 is 15.4 Å². The molecule has 1 aromatic carbocycles. The van der Waals surface area contributed by atoms with E-state index in [9.17, 15) is 8.42 Å². The van der Waals surface area contributed by atoms with Crippen LogP contribution < -0.4 is 15.4 Å². The molecule has 0 amide bonds. The van der Waals surface area contributed by atoms with Crippen molar-refractivity contribution in [1.82, 2.24) is 10.6 Å². The van der Waals surface area contributed by atoms with Gasteiger partial charge in [-0.3, -0.25) is 4.99 Å². The summed E-state index contributed by atoms with van der Waals surface area (Å²) in [5.41, 5.74) is 1.10. The standard InChI is InChI=1S/C21H37N3O3S/c1-16(2)14-27-19-10-8-18(9-11-19)21(4,5)15-23-20(22-6)24-17(3)12-13-28(7,25)26/h8-11,16-17H,12-15H2,1-7H3,(H2,22,23,24). The van der Waals surface area contributed by atoms with Gasteiger partial charge in [-0.1, -0.05) is 39.8 Å². The number of benzene rings is 1. The van der Waals surface area contributed by atoms with E-state index in [4.69, 9.17) is 4.74 Å². The normalized spacial score (nSPS) is 14.1. The molecule has 0 saturated heterocycles. The lowest BCUT2D eigenvalue weighted by atomic mass is 9.84. The van der Waals surface area contributed by atoms with Gasteiger partial charge in [0.15, 0.2) is 5.96 Å². The molecule has 0 saturated carbocycles. The summed E-state index contributed by atoms with van der Waals surface area (Å²) in [7, 11) is -1.24. The van der Waals surface area contributed by atoms with Crippen LogP contribution in [-0.4, -0.2) is 52.6 Å². The second-order valence-corrected chi connectivity index (χ2v) is 10.8. The highest BCUT2D eigenvalue weighted by Gasteiger charge is 2.21. The lowest BCUT2D eigenvalue weighted by molar-refractivity contribution is 0.271. The monoisotopic (exact) mass is 411 g/mol. The van der Waals surface area contributed by atoms with Gasteiger partial charge in [0.1, 0.15) is 15.6 Å². The summed E-state index contributed by atoms with van der Waals surface area (Å²) in [5, 5.41) is 6.60. The molecule has 1 unspecified atom stereocenters. The summed E-state index contributed by atoms with van der Waals surface area (Å²) in [6, 6.07) is 8.24. The Bertz CT molecular complexity index is 726. The number of hydrogen-bond acceptors (Lipinski definition) is 4. The lowest BCUT2D eigenvalue weighted by Gasteiger charge is -2.28. The molecule has 0 fully saturated rings. The maximum atomic E-state index is 11.3. The Morgan fingerprint density at radius 1 is 1.18 bits per heavy atom. The minimum atomic E-state index is -2.96. The van der Waals surface area contributed by atoms with E-state index in [0.717, 1.165) is 5.75 Å². The first kappa shape index (κ1) is 24.3. The van der Waals surface area contributed by atoms with Crippen molar-refractivity contribution in [3.05, 3.63) is 29.8 Å². The summed E-state index contributed by atoms with van der Waals surface area (Å²) in [6.45, 7) is 12.0. The molecule has 1 rings (SSSR count). The molecule has 0 aromatic heterocycles. The smallest absolute Gasteiger partial charge is 0.191 e. The zero-order valence-corrected chi connectivity index (χ0v) is 19.2. The van der Waals surface area contributed by atoms with Crippen molar-refractivity contribution in [3.63, 3.8) is 0 Å². The summed E-state index contributed by atoms with van der Waals surface area (Å²) in [5.74, 6) is 2.22. The molecule has 28 heavy (non-hydrogen) atoms. The Morgan fingerprint density at radius 3 is 2.29 bits per heavy atom. The largest absolute Gasteiger partial charge is 0.493 e. The van der Waals surface area contributed by atoms with Crippen molar-refractivity contribution in [2.75, 3.05) is 32.2 Å². The number of nitrogens with zero attached hydrogens (tertiary/aromatic N) is 1. The van der Waals surface area contributed by atoms with Crippen LogP contribution in [0.2, 0.25) is 0 Å². The third-order valence-corrected chi connectivity index (χ3v) is 5.42. The van der Waals surface area contributed by atoms with E-state index in [2.05, 4.69) is 55.5 Å². The first-order valence-electron chi connectivity index (χ1n) is 9.81. The Morgan fingerprint density at radius 2 is 1.79 bits per heavy atom. The number of rotatable bonds is 10. The minimum Gasteiger partial charge on any atom is -0.493 e. The van der Waals surface area contributed by atoms with Crippen LogP contribution in [-0.2, 0) is 15.3 Å². The zero-order valence-electron chi connectivity index (χ0n) is 18.4. The summed E-state index contributed by atoms with van der Waals surface area (Å²) in [6.07, 6.45) is 1.80. The number of ether oxygens (including phenoxy) is 1. The fourth-order valence-corrected chi connectivity index (χ4v) is 3.34. The predicted molar refractivity (Wildman–Crippen MR) is 118 cm³/mol. The molecule has 0 heterocycles. The number of guanidine groups is 1. The average molecular weight is 412 g/mol. The average Bonchev–Trinajstić information content (AvgIpc) is 2.61. The SMILES string of the molecule is CN=C(NCC(C)(C)c1ccc(OCC(C)C)cc1)NC(C)CCS(C)(=O)=O. The van der Waals surface area contributed by atoms with Crippen LogP contribution in [0.3, 0.4) is 0 Å². The van der Waals surface area contributed by atoms with E-state index in [-0.39, 0.29) is 17.2 Å². The molecule has 7 heteroatoms. The molecular weight excluding hydrogens is 374 g/mol. The van der Waals surface area contributed by atoms with Crippen molar-refractivity contribution in [2.24, 2.45) is 10.9 Å². The van der Waals surface area contributed by atoms with Crippen molar-refractivity contribution < 1.29 is 13.2 Å². The quantitative estimate of drug-likeness (QED) is 0.457. The summed E-state index contributed by atoms with van der Waals surface area (Å²) < 4.78 is 28.4. The van der Waals surface area contributed by atoms with Crippen molar-refractivity contribution in [1.29, 1.82) is 0 Å². The maximum Gasteiger partial charge on any atom is 0.191 e. The van der Waals surface area contributed by atoms with Gasteiger partial charge in [0, 0.05) is 31.3 Å². The molecule has 160 valence electrons. The summed E-state index contributed by atoms with van der Waals surface area (Å²) in [4.78, 5) is 4.25. The summed E-state index contributed by atoms with van der Waals surface area (Å²) >= 11 is 0. The van der Waals surface area contributed by atoms with Crippen LogP contribution in [0.25, 0.3) is 0 Å². The fraction of sp³-hybridized carbons (Fsp3) is 0.667. The van der Waals surface area contributed by atoms with Crippen LogP contribution in [0, 0.1) is 5.92 Å². The Hall–Kier alpha value is -1.76. The fourth-order valence-electron chi connectivity index (χ4n) is 2.56. The molecule has 1 atom stereocenters. The van der Waals surface area contributed by atoms with Crippen LogP contribution in [0.5, 0.6) is 5.75 Å². The van der Waals surface area contributed by atoms with Crippen LogP contribution in [0.15, 0.2) is 29.3 Å².